The lowest BCUT2D eigenvalue weighted by atomic mass is 9.92. The second-order valence-electron chi connectivity index (χ2n) is 7.39. The Morgan fingerprint density at radius 3 is 2.37 bits per heavy atom. The van der Waals surface area contributed by atoms with Crippen LogP contribution < -0.4 is 0 Å². The molecule has 0 unspecified atom stereocenters. The van der Waals surface area contributed by atoms with E-state index in [-0.39, 0.29) is 5.82 Å². The third-order valence-corrected chi connectivity index (χ3v) is 5.48. The fourth-order valence-electron chi connectivity index (χ4n) is 3.79. The normalized spacial score (nSPS) is 15.9. The standard InChI is InChI=1S/C22H25FN4/c1-26-21(8-11-25-26)16-27-12-9-19(10-13-27)22-7-4-18(15-24-22)14-17-2-5-20(23)6-3-17/h2-8,11,15,19H,9-10,12-14,16H2,1H3. The highest BCUT2D eigenvalue weighted by Crippen LogP contribution is 2.27. The topological polar surface area (TPSA) is 34.0 Å². The van der Waals surface area contributed by atoms with E-state index in [2.05, 4.69) is 28.2 Å². The molecule has 0 aliphatic carbocycles. The molecule has 0 saturated carbocycles. The number of halogens is 1. The first-order valence-corrected chi connectivity index (χ1v) is 9.56. The SMILES string of the molecule is Cn1nccc1CN1CCC(c2ccc(Cc3ccc(F)cc3)cn2)CC1. The molecule has 3 heterocycles. The average molecular weight is 364 g/mol. The molecule has 1 aromatic carbocycles. The Kier molecular flexibility index (Phi) is 5.30. The molecule has 4 rings (SSSR count). The van der Waals surface area contributed by atoms with Crippen molar-refractivity contribution >= 4 is 0 Å². The van der Waals surface area contributed by atoms with E-state index in [1.54, 1.807) is 0 Å². The Morgan fingerprint density at radius 2 is 1.74 bits per heavy atom. The first-order chi connectivity index (χ1) is 13.2. The summed E-state index contributed by atoms with van der Waals surface area (Å²) >= 11 is 0. The number of aromatic nitrogens is 3. The van der Waals surface area contributed by atoms with E-state index in [1.165, 1.54) is 29.1 Å². The zero-order valence-electron chi connectivity index (χ0n) is 15.7. The first-order valence-electron chi connectivity index (χ1n) is 9.56. The van der Waals surface area contributed by atoms with Gasteiger partial charge < -0.3 is 0 Å². The van der Waals surface area contributed by atoms with Gasteiger partial charge in [0.15, 0.2) is 0 Å². The number of pyridine rings is 1. The van der Waals surface area contributed by atoms with E-state index < -0.39 is 0 Å². The third-order valence-electron chi connectivity index (χ3n) is 5.48. The molecule has 4 nitrogen and oxygen atoms in total. The zero-order valence-corrected chi connectivity index (χ0v) is 15.7. The number of aryl methyl sites for hydroxylation is 1. The summed E-state index contributed by atoms with van der Waals surface area (Å²) < 4.78 is 15.0. The average Bonchev–Trinajstić information content (AvgIpc) is 3.10. The van der Waals surface area contributed by atoms with Crippen molar-refractivity contribution in [1.29, 1.82) is 0 Å². The molecule has 0 radical (unpaired) electrons. The van der Waals surface area contributed by atoms with Crippen molar-refractivity contribution in [1.82, 2.24) is 19.7 Å². The summed E-state index contributed by atoms with van der Waals surface area (Å²) in [6.07, 6.45) is 6.90. The van der Waals surface area contributed by atoms with Gasteiger partial charge in [0.25, 0.3) is 0 Å². The Bertz CT molecular complexity index is 862. The second kappa shape index (κ2) is 8.01. The van der Waals surface area contributed by atoms with Crippen molar-refractivity contribution in [3.63, 3.8) is 0 Å². The van der Waals surface area contributed by atoms with Gasteiger partial charge in [0, 0.05) is 37.6 Å². The maximum atomic E-state index is 13.0. The molecular formula is C22H25FN4. The minimum Gasteiger partial charge on any atom is -0.297 e. The number of benzene rings is 1. The summed E-state index contributed by atoms with van der Waals surface area (Å²) in [5.74, 6) is 0.342. The van der Waals surface area contributed by atoms with E-state index >= 15 is 0 Å². The number of rotatable bonds is 5. The molecule has 1 fully saturated rings. The van der Waals surface area contributed by atoms with Crippen LogP contribution in [0.1, 0.15) is 41.3 Å². The van der Waals surface area contributed by atoms with Gasteiger partial charge in [0.05, 0.1) is 5.69 Å². The lowest BCUT2D eigenvalue weighted by Crippen LogP contribution is -2.33. The minimum absolute atomic E-state index is 0.193. The molecule has 5 heteroatoms. The van der Waals surface area contributed by atoms with Gasteiger partial charge >= 0.3 is 0 Å². The smallest absolute Gasteiger partial charge is 0.123 e. The second-order valence-corrected chi connectivity index (χ2v) is 7.39. The molecule has 0 atom stereocenters. The number of likely N-dealkylation sites (tertiary alicyclic amines) is 1. The molecule has 1 saturated heterocycles. The highest BCUT2D eigenvalue weighted by atomic mass is 19.1. The highest BCUT2D eigenvalue weighted by Gasteiger charge is 2.22. The summed E-state index contributed by atoms with van der Waals surface area (Å²) in [7, 11) is 2.00. The molecule has 2 aromatic heterocycles. The number of piperidine rings is 1. The van der Waals surface area contributed by atoms with Crippen LogP contribution >= 0.6 is 0 Å². The van der Waals surface area contributed by atoms with Gasteiger partial charge in [-0.05, 0) is 67.7 Å². The molecule has 140 valence electrons. The van der Waals surface area contributed by atoms with Crippen molar-refractivity contribution < 1.29 is 4.39 Å². The van der Waals surface area contributed by atoms with Gasteiger partial charge in [-0.25, -0.2) is 4.39 Å². The number of hydrogen-bond donors (Lipinski definition) is 0. The molecule has 1 aliphatic heterocycles. The van der Waals surface area contributed by atoms with E-state index in [1.807, 2.05) is 36.3 Å². The van der Waals surface area contributed by atoms with Crippen LogP contribution in [0.25, 0.3) is 0 Å². The summed E-state index contributed by atoms with van der Waals surface area (Å²) in [6, 6.07) is 13.1. The van der Waals surface area contributed by atoms with Crippen molar-refractivity contribution in [2.45, 2.75) is 31.7 Å². The summed E-state index contributed by atoms with van der Waals surface area (Å²) in [5.41, 5.74) is 4.73. The molecule has 0 amide bonds. The van der Waals surface area contributed by atoms with Gasteiger partial charge in [0.2, 0.25) is 0 Å². The molecule has 27 heavy (non-hydrogen) atoms. The monoisotopic (exact) mass is 364 g/mol. The van der Waals surface area contributed by atoms with E-state index in [9.17, 15) is 4.39 Å². The fourth-order valence-corrected chi connectivity index (χ4v) is 3.79. The van der Waals surface area contributed by atoms with Crippen molar-refractivity contribution in [2.24, 2.45) is 7.05 Å². The Hall–Kier alpha value is -2.53. The maximum absolute atomic E-state index is 13.0. The van der Waals surface area contributed by atoms with E-state index in [4.69, 9.17) is 4.98 Å². The van der Waals surface area contributed by atoms with Crippen molar-refractivity contribution in [2.75, 3.05) is 13.1 Å². The maximum Gasteiger partial charge on any atom is 0.123 e. The van der Waals surface area contributed by atoms with Crippen LogP contribution in [0.3, 0.4) is 0 Å². The van der Waals surface area contributed by atoms with Gasteiger partial charge in [-0.1, -0.05) is 18.2 Å². The third kappa shape index (κ3) is 4.42. The van der Waals surface area contributed by atoms with Crippen molar-refractivity contribution in [3.05, 3.63) is 83.2 Å². The largest absolute Gasteiger partial charge is 0.297 e. The Balaban J connectivity index is 1.32. The van der Waals surface area contributed by atoms with Gasteiger partial charge in [0.1, 0.15) is 5.82 Å². The van der Waals surface area contributed by atoms with Crippen LogP contribution in [0.15, 0.2) is 54.9 Å². The predicted octanol–water partition coefficient (Wildman–Crippen LogP) is 3.92. The molecule has 0 bridgehead atoms. The number of nitrogens with zero attached hydrogens (tertiary/aromatic N) is 4. The van der Waals surface area contributed by atoms with E-state index in [0.29, 0.717) is 5.92 Å². The van der Waals surface area contributed by atoms with Gasteiger partial charge in [-0.3, -0.25) is 14.6 Å². The predicted molar refractivity (Wildman–Crippen MR) is 104 cm³/mol. The van der Waals surface area contributed by atoms with Crippen LogP contribution in [0.2, 0.25) is 0 Å². The molecule has 1 aliphatic rings. The van der Waals surface area contributed by atoms with Crippen LogP contribution in [0.5, 0.6) is 0 Å². The molecular weight excluding hydrogens is 339 g/mol. The fraction of sp³-hybridized carbons (Fsp3) is 0.364. The van der Waals surface area contributed by atoms with Crippen molar-refractivity contribution in [3.8, 4) is 0 Å². The minimum atomic E-state index is -0.193. The number of hydrogen-bond acceptors (Lipinski definition) is 3. The lowest BCUT2D eigenvalue weighted by molar-refractivity contribution is 0.199. The molecule has 3 aromatic rings. The van der Waals surface area contributed by atoms with Crippen LogP contribution in [0.4, 0.5) is 4.39 Å². The summed E-state index contributed by atoms with van der Waals surface area (Å²) in [6.45, 7) is 3.15. The van der Waals surface area contributed by atoms with Crippen LogP contribution in [-0.4, -0.2) is 32.8 Å². The van der Waals surface area contributed by atoms with Crippen LogP contribution in [0, 0.1) is 5.82 Å². The molecule has 0 N–H and O–H groups in total. The molecule has 0 spiro atoms. The van der Waals surface area contributed by atoms with Gasteiger partial charge in [-0.2, -0.15) is 5.10 Å². The zero-order chi connectivity index (χ0) is 18.6. The van der Waals surface area contributed by atoms with Crippen LogP contribution in [-0.2, 0) is 20.0 Å². The Morgan fingerprint density at radius 1 is 1.00 bits per heavy atom. The van der Waals surface area contributed by atoms with Gasteiger partial charge in [-0.15, -0.1) is 0 Å². The quantitative estimate of drug-likeness (QED) is 0.688. The lowest BCUT2D eigenvalue weighted by Gasteiger charge is -2.31. The summed E-state index contributed by atoms with van der Waals surface area (Å²) in [4.78, 5) is 7.22. The Labute approximate surface area is 159 Å². The summed E-state index contributed by atoms with van der Waals surface area (Å²) in [5, 5.41) is 4.25. The first kappa shape index (κ1) is 17.9. The highest BCUT2D eigenvalue weighted by molar-refractivity contribution is 5.26. The van der Waals surface area contributed by atoms with E-state index in [0.717, 1.165) is 44.5 Å².